The largest absolute Gasteiger partial charge is 0.378 e. The van der Waals surface area contributed by atoms with Crippen LogP contribution in [0.15, 0.2) is 6.07 Å². The maximum absolute atomic E-state index is 15.2. The highest BCUT2D eigenvalue weighted by atomic mass is 19.2. The van der Waals surface area contributed by atoms with E-state index in [0.717, 1.165) is 70.0 Å². The minimum atomic E-state index is -0.534. The van der Waals surface area contributed by atoms with Gasteiger partial charge in [0.15, 0.2) is 11.6 Å². The lowest BCUT2D eigenvalue weighted by Crippen LogP contribution is -2.34. The van der Waals surface area contributed by atoms with Crippen LogP contribution in [-0.2, 0) is 17.6 Å². The van der Waals surface area contributed by atoms with Crippen molar-refractivity contribution in [3.8, 4) is 0 Å². The summed E-state index contributed by atoms with van der Waals surface area (Å²) in [6.45, 7) is 5.33. The molecule has 0 radical (unpaired) electrons. The molecule has 0 N–H and O–H groups in total. The van der Waals surface area contributed by atoms with E-state index in [4.69, 9.17) is 4.74 Å². The molecule has 0 aliphatic heterocycles. The van der Waals surface area contributed by atoms with Gasteiger partial charge >= 0.3 is 0 Å². The van der Waals surface area contributed by atoms with Crippen molar-refractivity contribution >= 4 is 0 Å². The Labute approximate surface area is 194 Å². The molecule has 1 nitrogen and oxygen atoms in total. The molecule has 1 aromatic carbocycles. The van der Waals surface area contributed by atoms with E-state index in [1.807, 2.05) is 0 Å². The SMILES string of the molecule is CCCCCCOC1CCC2CC(c3cc4c(c(F)c3F)CC(CCC)CC4)CCC2C1. The van der Waals surface area contributed by atoms with Gasteiger partial charge in [0.25, 0.3) is 0 Å². The molecule has 4 rings (SSSR count). The maximum atomic E-state index is 15.2. The van der Waals surface area contributed by atoms with E-state index in [-0.39, 0.29) is 5.92 Å². The van der Waals surface area contributed by atoms with E-state index in [1.54, 1.807) is 0 Å². The predicted molar refractivity (Wildman–Crippen MR) is 128 cm³/mol. The fourth-order valence-electron chi connectivity index (χ4n) is 6.94. The summed E-state index contributed by atoms with van der Waals surface area (Å²) in [6, 6.07) is 2.06. The van der Waals surface area contributed by atoms with Crippen LogP contribution in [0.1, 0.15) is 120 Å². The fraction of sp³-hybridized carbons (Fsp3) is 0.793. The smallest absolute Gasteiger partial charge is 0.162 e. The number of ether oxygens (including phenoxy) is 1. The first-order valence-electron chi connectivity index (χ1n) is 13.7. The second kappa shape index (κ2) is 11.4. The van der Waals surface area contributed by atoms with Gasteiger partial charge in [-0.05, 0) is 105 Å². The number of unbranched alkanes of at least 4 members (excludes halogenated alkanes) is 3. The summed E-state index contributed by atoms with van der Waals surface area (Å²) < 4.78 is 36.5. The van der Waals surface area contributed by atoms with Gasteiger partial charge in [0.1, 0.15) is 0 Å². The van der Waals surface area contributed by atoms with E-state index in [9.17, 15) is 0 Å². The van der Waals surface area contributed by atoms with E-state index < -0.39 is 11.6 Å². The standard InChI is InChI=1S/C29H44F2O/c1-3-5-6-7-15-32-25-14-13-21-17-23(12-11-22(21)18-25)27-19-24-10-9-20(8-4-2)16-26(24)28(30)29(27)31/h19-23,25H,3-18H2,1-2H3. The highest BCUT2D eigenvalue weighted by Gasteiger charge is 2.38. The molecule has 0 aromatic heterocycles. The molecule has 0 bridgehead atoms. The zero-order chi connectivity index (χ0) is 22.5. The van der Waals surface area contributed by atoms with Crippen molar-refractivity contribution in [2.75, 3.05) is 6.61 Å². The molecule has 3 aliphatic carbocycles. The summed E-state index contributed by atoms with van der Waals surface area (Å²) in [6.07, 6.45) is 17.1. The predicted octanol–water partition coefficient (Wildman–Crippen LogP) is 8.52. The molecule has 0 amide bonds. The summed E-state index contributed by atoms with van der Waals surface area (Å²) in [4.78, 5) is 0. The van der Waals surface area contributed by atoms with Gasteiger partial charge in [0.2, 0.25) is 0 Å². The van der Waals surface area contributed by atoms with E-state index in [2.05, 4.69) is 19.9 Å². The number of benzene rings is 1. The molecule has 32 heavy (non-hydrogen) atoms. The van der Waals surface area contributed by atoms with Gasteiger partial charge < -0.3 is 4.74 Å². The molecule has 3 heteroatoms. The molecular formula is C29H44F2O. The van der Waals surface area contributed by atoms with Crippen LogP contribution < -0.4 is 0 Å². The molecule has 0 saturated heterocycles. The second-order valence-corrected chi connectivity index (χ2v) is 11.0. The first kappa shape index (κ1) is 24.2. The molecule has 1 aromatic rings. The Morgan fingerprint density at radius 1 is 0.875 bits per heavy atom. The summed E-state index contributed by atoms with van der Waals surface area (Å²) in [5.74, 6) is 1.01. The van der Waals surface area contributed by atoms with Gasteiger partial charge in [-0.15, -0.1) is 0 Å². The summed E-state index contributed by atoms with van der Waals surface area (Å²) in [7, 11) is 0. The van der Waals surface area contributed by atoms with Crippen molar-refractivity contribution in [2.24, 2.45) is 17.8 Å². The van der Waals surface area contributed by atoms with Crippen LogP contribution in [0.3, 0.4) is 0 Å². The van der Waals surface area contributed by atoms with Crippen LogP contribution in [0.5, 0.6) is 0 Å². The monoisotopic (exact) mass is 446 g/mol. The van der Waals surface area contributed by atoms with Crippen molar-refractivity contribution in [1.29, 1.82) is 0 Å². The quantitative estimate of drug-likeness (QED) is 0.345. The number of fused-ring (bicyclic) bond motifs is 2. The highest BCUT2D eigenvalue weighted by Crippen LogP contribution is 2.48. The first-order valence-corrected chi connectivity index (χ1v) is 13.7. The lowest BCUT2D eigenvalue weighted by molar-refractivity contribution is -0.0164. The van der Waals surface area contributed by atoms with Crippen LogP contribution >= 0.6 is 0 Å². The molecule has 2 fully saturated rings. The molecule has 2 saturated carbocycles. The normalized spacial score (nSPS) is 30.1. The summed E-state index contributed by atoms with van der Waals surface area (Å²) in [5.41, 5.74) is 2.46. The van der Waals surface area contributed by atoms with Gasteiger partial charge in [-0.2, -0.15) is 0 Å². The van der Waals surface area contributed by atoms with Crippen molar-refractivity contribution in [1.82, 2.24) is 0 Å². The molecular weight excluding hydrogens is 402 g/mol. The van der Waals surface area contributed by atoms with Crippen LogP contribution in [-0.4, -0.2) is 12.7 Å². The van der Waals surface area contributed by atoms with E-state index in [1.165, 1.54) is 38.5 Å². The van der Waals surface area contributed by atoms with Crippen LogP contribution in [0.4, 0.5) is 8.78 Å². The Bertz CT molecular complexity index is 745. The van der Waals surface area contributed by atoms with Crippen molar-refractivity contribution in [3.05, 3.63) is 34.4 Å². The third-order valence-electron chi connectivity index (χ3n) is 8.80. The Balaban J connectivity index is 1.35. The topological polar surface area (TPSA) is 9.23 Å². The number of aryl methyl sites for hydroxylation is 1. The van der Waals surface area contributed by atoms with Gasteiger partial charge in [-0.25, -0.2) is 8.78 Å². The average molecular weight is 447 g/mol. The first-order chi connectivity index (χ1) is 15.6. The van der Waals surface area contributed by atoms with Gasteiger partial charge in [0.05, 0.1) is 6.10 Å². The third kappa shape index (κ3) is 5.57. The van der Waals surface area contributed by atoms with Crippen molar-refractivity contribution in [3.63, 3.8) is 0 Å². The Morgan fingerprint density at radius 3 is 2.50 bits per heavy atom. The Morgan fingerprint density at radius 2 is 1.69 bits per heavy atom. The molecule has 0 spiro atoms. The molecule has 5 unspecified atom stereocenters. The third-order valence-corrected chi connectivity index (χ3v) is 8.80. The number of rotatable bonds is 9. The number of hydrogen-bond acceptors (Lipinski definition) is 1. The number of hydrogen-bond donors (Lipinski definition) is 0. The fourth-order valence-corrected chi connectivity index (χ4v) is 6.94. The number of halogens is 2. The van der Waals surface area contributed by atoms with Gasteiger partial charge in [-0.1, -0.05) is 52.0 Å². The summed E-state index contributed by atoms with van der Waals surface area (Å²) in [5, 5.41) is 0. The molecule has 0 heterocycles. The minimum Gasteiger partial charge on any atom is -0.378 e. The van der Waals surface area contributed by atoms with E-state index >= 15 is 8.78 Å². The lowest BCUT2D eigenvalue weighted by Gasteiger charge is -2.42. The zero-order valence-electron chi connectivity index (χ0n) is 20.4. The molecule has 3 aliphatic rings. The van der Waals surface area contributed by atoms with Crippen LogP contribution in [0.25, 0.3) is 0 Å². The van der Waals surface area contributed by atoms with Crippen LogP contribution in [0.2, 0.25) is 0 Å². The Kier molecular flexibility index (Phi) is 8.65. The highest BCUT2D eigenvalue weighted by molar-refractivity contribution is 5.38. The molecule has 5 atom stereocenters. The minimum absolute atomic E-state index is 0.191. The molecule has 180 valence electrons. The van der Waals surface area contributed by atoms with Gasteiger partial charge in [0, 0.05) is 6.61 Å². The summed E-state index contributed by atoms with van der Waals surface area (Å²) >= 11 is 0. The van der Waals surface area contributed by atoms with Crippen molar-refractivity contribution < 1.29 is 13.5 Å². The van der Waals surface area contributed by atoms with Crippen LogP contribution in [0, 0.1) is 29.4 Å². The maximum Gasteiger partial charge on any atom is 0.162 e. The lowest BCUT2D eigenvalue weighted by atomic mass is 9.65. The second-order valence-electron chi connectivity index (χ2n) is 11.0. The average Bonchev–Trinajstić information content (AvgIpc) is 2.81. The van der Waals surface area contributed by atoms with E-state index in [0.29, 0.717) is 35.0 Å². The van der Waals surface area contributed by atoms with Gasteiger partial charge in [-0.3, -0.25) is 0 Å². The zero-order valence-corrected chi connectivity index (χ0v) is 20.4. The van der Waals surface area contributed by atoms with Crippen molar-refractivity contribution in [2.45, 2.75) is 122 Å². The Hall–Kier alpha value is -0.960.